The van der Waals surface area contributed by atoms with Gasteiger partial charge in [0, 0.05) is 43.2 Å². The SMILES string of the molecule is Cc1cc2c3c(c1)N(c1ccc(C(C)(C)C)cc1-c1ccccc1)c1c(sc4cc(C(C)(C)C)ccc14)B3c1ccc([Si](C)(C)C)cc1N2c1ccc(C(C)(C)C)cc1. The van der Waals surface area contributed by atoms with Crippen LogP contribution in [0.5, 0.6) is 0 Å². The van der Waals surface area contributed by atoms with Crippen molar-refractivity contribution in [3.8, 4) is 11.1 Å². The number of fused-ring (bicyclic) bond motifs is 6. The van der Waals surface area contributed by atoms with Crippen LogP contribution in [-0.2, 0) is 16.2 Å². The topological polar surface area (TPSA) is 6.48 Å². The average molecular weight is 807 g/mol. The van der Waals surface area contributed by atoms with E-state index >= 15 is 0 Å². The number of anilines is 6. The molecule has 0 fully saturated rings. The second-order valence-corrected chi connectivity index (χ2v) is 27.4. The predicted molar refractivity (Wildman–Crippen MR) is 265 cm³/mol. The van der Waals surface area contributed by atoms with Gasteiger partial charge in [-0.1, -0.05) is 160 Å². The van der Waals surface area contributed by atoms with Crippen molar-refractivity contribution in [2.24, 2.45) is 0 Å². The maximum atomic E-state index is 2.66. The van der Waals surface area contributed by atoms with Crippen LogP contribution >= 0.6 is 11.3 Å². The van der Waals surface area contributed by atoms with Crippen LogP contribution in [0.25, 0.3) is 21.2 Å². The van der Waals surface area contributed by atoms with Gasteiger partial charge in [-0.05, 0) is 110 Å². The Balaban J connectivity index is 1.41. The summed E-state index contributed by atoms with van der Waals surface area (Å²) >= 11 is 2.00. The van der Waals surface area contributed by atoms with Crippen LogP contribution in [0.4, 0.5) is 34.1 Å². The van der Waals surface area contributed by atoms with Gasteiger partial charge in [0.2, 0.25) is 0 Å². The number of hydrogen-bond acceptors (Lipinski definition) is 3. The van der Waals surface area contributed by atoms with Crippen molar-refractivity contribution in [1.29, 1.82) is 0 Å². The lowest BCUT2D eigenvalue weighted by molar-refractivity contribution is 0.590. The van der Waals surface area contributed by atoms with E-state index in [1.54, 1.807) is 0 Å². The fraction of sp³-hybridized carbons (Fsp3) is 0.296. The normalized spacial score (nSPS) is 14.1. The number of hydrogen-bond donors (Lipinski definition) is 0. The van der Waals surface area contributed by atoms with E-state index < -0.39 is 8.07 Å². The summed E-state index contributed by atoms with van der Waals surface area (Å²) in [5.41, 5.74) is 18.3. The fourth-order valence-electron chi connectivity index (χ4n) is 9.23. The van der Waals surface area contributed by atoms with Crippen LogP contribution in [0, 0.1) is 6.92 Å². The van der Waals surface area contributed by atoms with Crippen LogP contribution in [0.15, 0.2) is 121 Å². The summed E-state index contributed by atoms with van der Waals surface area (Å²) < 4.78 is 2.78. The van der Waals surface area contributed by atoms with E-state index in [0.29, 0.717) is 0 Å². The molecule has 9 rings (SSSR count). The van der Waals surface area contributed by atoms with Gasteiger partial charge < -0.3 is 9.80 Å². The minimum Gasteiger partial charge on any atom is -0.311 e. The van der Waals surface area contributed by atoms with Crippen LogP contribution in [0.3, 0.4) is 0 Å². The van der Waals surface area contributed by atoms with Crippen molar-refractivity contribution >= 4 is 91.2 Å². The highest BCUT2D eigenvalue weighted by atomic mass is 32.1. The molecule has 0 N–H and O–H groups in total. The van der Waals surface area contributed by atoms with Crippen molar-refractivity contribution in [1.82, 2.24) is 0 Å². The zero-order chi connectivity index (χ0) is 42.0. The van der Waals surface area contributed by atoms with E-state index in [-0.39, 0.29) is 23.0 Å². The molecule has 2 aliphatic heterocycles. The molecule has 5 heteroatoms. The van der Waals surface area contributed by atoms with E-state index in [9.17, 15) is 0 Å². The minimum atomic E-state index is -1.66. The molecule has 7 aromatic rings. The molecule has 2 nitrogen and oxygen atoms in total. The molecule has 0 radical (unpaired) electrons. The quantitative estimate of drug-likeness (QED) is 0.164. The lowest BCUT2D eigenvalue weighted by Crippen LogP contribution is -2.61. The standard InChI is InChI=1S/C54H59BN2SSi/c1-34-29-46-49-47(30-34)57(44-28-22-37(53(5,6)7)31-42(44)35-17-15-14-16-18-35)50-41-26-21-38(54(8,9)10)32-48(41)58-51(50)55(49)43-27-25-40(59(11,12)13)33-45(43)56(46)39-23-19-36(20-24-39)52(2,3)4/h14-33H,1-13H3. The van der Waals surface area contributed by atoms with Gasteiger partial charge >= 0.3 is 0 Å². The van der Waals surface area contributed by atoms with Gasteiger partial charge in [-0.15, -0.1) is 11.3 Å². The lowest BCUT2D eigenvalue weighted by atomic mass is 9.36. The maximum Gasteiger partial charge on any atom is 0.264 e. The van der Waals surface area contributed by atoms with Crippen molar-refractivity contribution in [2.45, 2.75) is 105 Å². The zero-order valence-corrected chi connectivity index (χ0v) is 39.2. The first-order valence-electron chi connectivity index (χ1n) is 21.5. The van der Waals surface area contributed by atoms with Crippen molar-refractivity contribution < 1.29 is 0 Å². The third-order valence-electron chi connectivity index (χ3n) is 12.7. The Hall–Kier alpha value is -4.84. The highest BCUT2D eigenvalue weighted by molar-refractivity contribution is 7.33. The van der Waals surface area contributed by atoms with Crippen molar-refractivity contribution in [2.75, 3.05) is 9.80 Å². The Morgan fingerprint density at radius 1 is 0.542 bits per heavy atom. The smallest absolute Gasteiger partial charge is 0.264 e. The highest BCUT2D eigenvalue weighted by Gasteiger charge is 2.46. The zero-order valence-electron chi connectivity index (χ0n) is 37.4. The largest absolute Gasteiger partial charge is 0.311 e. The summed E-state index contributed by atoms with van der Waals surface area (Å²) in [7, 11) is -1.66. The van der Waals surface area contributed by atoms with Crippen LogP contribution in [-0.4, -0.2) is 14.8 Å². The molecule has 0 amide bonds. The molecule has 6 aromatic carbocycles. The molecular formula is C54H59BN2SSi. The molecule has 0 atom stereocenters. The Kier molecular flexibility index (Phi) is 9.13. The molecule has 0 saturated heterocycles. The Morgan fingerprint density at radius 3 is 1.76 bits per heavy atom. The second-order valence-electron chi connectivity index (χ2n) is 21.3. The minimum absolute atomic E-state index is 0.00264. The average Bonchev–Trinajstić information content (AvgIpc) is 3.55. The first-order chi connectivity index (χ1) is 27.7. The van der Waals surface area contributed by atoms with Gasteiger partial charge in [0.25, 0.3) is 6.71 Å². The number of rotatable bonds is 4. The van der Waals surface area contributed by atoms with Crippen LogP contribution < -0.4 is 30.7 Å². The predicted octanol–water partition coefficient (Wildman–Crippen LogP) is 13.4. The molecule has 298 valence electrons. The van der Waals surface area contributed by atoms with E-state index in [0.717, 1.165) is 0 Å². The van der Waals surface area contributed by atoms with Gasteiger partial charge in [0.05, 0.1) is 19.4 Å². The molecule has 0 aliphatic carbocycles. The first kappa shape index (κ1) is 39.6. The Labute approximate surface area is 359 Å². The van der Waals surface area contributed by atoms with Crippen LogP contribution in [0.2, 0.25) is 19.6 Å². The molecule has 0 bridgehead atoms. The van der Waals surface area contributed by atoms with E-state index in [1.807, 2.05) is 11.3 Å². The molecule has 59 heavy (non-hydrogen) atoms. The second kappa shape index (κ2) is 13.6. The molecular weight excluding hydrogens is 748 g/mol. The van der Waals surface area contributed by atoms with E-state index in [4.69, 9.17) is 0 Å². The summed E-state index contributed by atoms with van der Waals surface area (Å²) in [6.07, 6.45) is 0. The third kappa shape index (κ3) is 6.70. The number of nitrogens with zero attached hydrogens (tertiary/aromatic N) is 2. The monoisotopic (exact) mass is 806 g/mol. The fourth-order valence-corrected chi connectivity index (χ4v) is 11.7. The summed E-state index contributed by atoms with van der Waals surface area (Å²) in [6, 6.07) is 47.4. The van der Waals surface area contributed by atoms with E-state index in [1.165, 1.54) is 98.5 Å². The molecule has 0 spiro atoms. The Bertz CT molecular complexity index is 2770. The molecule has 0 unspecified atom stereocenters. The number of thiophene rings is 1. The highest BCUT2D eigenvalue weighted by Crippen LogP contribution is 2.51. The van der Waals surface area contributed by atoms with Gasteiger partial charge in [-0.3, -0.25) is 0 Å². The third-order valence-corrected chi connectivity index (χ3v) is 16.0. The van der Waals surface area contributed by atoms with Gasteiger partial charge in [-0.25, -0.2) is 0 Å². The van der Waals surface area contributed by atoms with Crippen LogP contribution in [0.1, 0.15) is 84.6 Å². The maximum absolute atomic E-state index is 2.66. The molecule has 3 heterocycles. The Morgan fingerprint density at radius 2 is 1.14 bits per heavy atom. The lowest BCUT2D eigenvalue weighted by Gasteiger charge is -2.44. The number of benzene rings is 6. The van der Waals surface area contributed by atoms with Gasteiger partial charge in [-0.2, -0.15) is 0 Å². The van der Waals surface area contributed by atoms with Gasteiger partial charge in [0.15, 0.2) is 0 Å². The first-order valence-corrected chi connectivity index (χ1v) is 25.8. The summed E-state index contributed by atoms with van der Waals surface area (Å²) in [4.78, 5) is 5.26. The number of aryl methyl sites for hydroxylation is 1. The summed E-state index contributed by atoms with van der Waals surface area (Å²) in [5.74, 6) is 0. The molecule has 2 aliphatic rings. The summed E-state index contributed by atoms with van der Waals surface area (Å²) in [5, 5.41) is 2.81. The molecule has 0 saturated carbocycles. The molecule has 1 aromatic heterocycles. The van der Waals surface area contributed by atoms with E-state index in [2.05, 4.69) is 220 Å². The van der Waals surface area contributed by atoms with Crippen molar-refractivity contribution in [3.05, 3.63) is 144 Å². The van der Waals surface area contributed by atoms with Gasteiger partial charge in [0.1, 0.15) is 0 Å². The summed E-state index contributed by atoms with van der Waals surface area (Å²) in [6.45, 7) is 30.7. The van der Waals surface area contributed by atoms with Crippen molar-refractivity contribution in [3.63, 3.8) is 0 Å².